The monoisotopic (exact) mass is 219 g/mol. The number of aliphatic hydroxyl groups excluding tert-OH is 1. The summed E-state index contributed by atoms with van der Waals surface area (Å²) >= 11 is 0.470. The van der Waals surface area contributed by atoms with Crippen molar-refractivity contribution in [1.29, 1.82) is 0 Å². The third kappa shape index (κ3) is 3.25. The number of benzene rings is 1. The summed E-state index contributed by atoms with van der Waals surface area (Å²) in [5.41, 5.74) is 6.21. The average molecular weight is 219 g/mol. The van der Waals surface area contributed by atoms with Gasteiger partial charge in [-0.25, -0.2) is 0 Å². The van der Waals surface area contributed by atoms with Crippen molar-refractivity contribution in [2.45, 2.75) is 16.7 Å². The number of alkyl halides is 2. The summed E-state index contributed by atoms with van der Waals surface area (Å²) in [6.45, 7) is -0.192. The fraction of sp³-hybridized carbons (Fsp3) is 0.333. The minimum atomic E-state index is -2.43. The van der Waals surface area contributed by atoms with E-state index in [1.807, 2.05) is 0 Å². The Morgan fingerprint density at radius 3 is 2.71 bits per heavy atom. The van der Waals surface area contributed by atoms with Crippen LogP contribution in [0.2, 0.25) is 0 Å². The molecule has 78 valence electrons. The van der Waals surface area contributed by atoms with Crippen molar-refractivity contribution in [2.24, 2.45) is 5.73 Å². The largest absolute Gasteiger partial charge is 0.394 e. The molecule has 5 heteroatoms. The van der Waals surface area contributed by atoms with Gasteiger partial charge in [0, 0.05) is 4.90 Å². The molecule has 0 saturated carbocycles. The highest BCUT2D eigenvalue weighted by molar-refractivity contribution is 7.99. The van der Waals surface area contributed by atoms with Crippen LogP contribution >= 0.6 is 11.8 Å². The van der Waals surface area contributed by atoms with Crippen molar-refractivity contribution in [3.63, 3.8) is 0 Å². The molecule has 0 radical (unpaired) electrons. The quantitative estimate of drug-likeness (QED) is 0.761. The predicted octanol–water partition coefficient (Wildman–Crippen LogP) is 1.99. The SMILES string of the molecule is N[C@@H](CO)c1cccc(SC(F)F)c1. The van der Waals surface area contributed by atoms with Gasteiger partial charge in [0.15, 0.2) is 0 Å². The molecule has 0 fully saturated rings. The number of hydrogen-bond donors (Lipinski definition) is 2. The van der Waals surface area contributed by atoms with Crippen LogP contribution in [-0.4, -0.2) is 17.5 Å². The summed E-state index contributed by atoms with van der Waals surface area (Å²) in [6, 6.07) is 6.00. The number of aliphatic hydroxyl groups is 1. The van der Waals surface area contributed by atoms with Crippen LogP contribution in [-0.2, 0) is 0 Å². The standard InChI is InChI=1S/C9H11F2NOS/c10-9(11)14-7-3-1-2-6(4-7)8(12)5-13/h1-4,8-9,13H,5,12H2/t8-/m0/s1. The Labute approximate surface area is 85.1 Å². The molecule has 0 aliphatic rings. The maximum absolute atomic E-state index is 12.0. The van der Waals surface area contributed by atoms with Gasteiger partial charge in [0.05, 0.1) is 12.6 Å². The van der Waals surface area contributed by atoms with Crippen molar-refractivity contribution in [3.05, 3.63) is 29.8 Å². The van der Waals surface area contributed by atoms with Gasteiger partial charge in [-0.05, 0) is 17.7 Å². The van der Waals surface area contributed by atoms with Crippen molar-refractivity contribution in [2.75, 3.05) is 6.61 Å². The van der Waals surface area contributed by atoms with Crippen molar-refractivity contribution >= 4 is 11.8 Å². The lowest BCUT2D eigenvalue weighted by atomic mass is 10.1. The highest BCUT2D eigenvalue weighted by atomic mass is 32.2. The lowest BCUT2D eigenvalue weighted by Gasteiger charge is -2.09. The second kappa shape index (κ2) is 5.29. The maximum Gasteiger partial charge on any atom is 0.288 e. The topological polar surface area (TPSA) is 46.2 Å². The lowest BCUT2D eigenvalue weighted by molar-refractivity contribution is 0.252. The molecular formula is C9H11F2NOS. The van der Waals surface area contributed by atoms with E-state index in [9.17, 15) is 8.78 Å². The molecule has 2 nitrogen and oxygen atoms in total. The first-order valence-corrected chi connectivity index (χ1v) is 4.92. The van der Waals surface area contributed by atoms with E-state index >= 15 is 0 Å². The van der Waals surface area contributed by atoms with Gasteiger partial charge < -0.3 is 10.8 Å². The van der Waals surface area contributed by atoms with Crippen molar-refractivity contribution in [1.82, 2.24) is 0 Å². The first-order chi connectivity index (χ1) is 6.63. The maximum atomic E-state index is 12.0. The summed E-state index contributed by atoms with van der Waals surface area (Å²) in [5, 5.41) is 8.78. The lowest BCUT2D eigenvalue weighted by Crippen LogP contribution is -2.14. The van der Waals surface area contributed by atoms with Crippen molar-refractivity contribution < 1.29 is 13.9 Å². The Morgan fingerprint density at radius 1 is 1.43 bits per heavy atom. The van der Waals surface area contributed by atoms with Crippen LogP contribution in [0.15, 0.2) is 29.2 Å². The van der Waals surface area contributed by atoms with E-state index in [1.54, 1.807) is 24.3 Å². The Balaban J connectivity index is 2.78. The van der Waals surface area contributed by atoms with E-state index in [4.69, 9.17) is 10.8 Å². The average Bonchev–Trinajstić information content (AvgIpc) is 2.16. The second-order valence-electron chi connectivity index (χ2n) is 2.74. The first-order valence-electron chi connectivity index (χ1n) is 4.04. The molecule has 0 saturated heterocycles. The van der Waals surface area contributed by atoms with E-state index in [0.717, 1.165) is 0 Å². The zero-order valence-electron chi connectivity index (χ0n) is 7.36. The summed E-state index contributed by atoms with van der Waals surface area (Å²) in [5.74, 6) is -2.43. The van der Waals surface area contributed by atoms with Gasteiger partial charge in [-0.1, -0.05) is 23.9 Å². The predicted molar refractivity (Wildman–Crippen MR) is 52.3 cm³/mol. The normalized spacial score (nSPS) is 13.2. The number of hydrogen-bond acceptors (Lipinski definition) is 3. The van der Waals surface area contributed by atoms with Gasteiger partial charge in [-0.15, -0.1) is 0 Å². The molecule has 0 amide bonds. The Kier molecular flexibility index (Phi) is 4.31. The Hall–Kier alpha value is -0.650. The molecule has 1 atom stereocenters. The molecule has 0 aliphatic carbocycles. The fourth-order valence-electron chi connectivity index (χ4n) is 1.03. The van der Waals surface area contributed by atoms with E-state index in [-0.39, 0.29) is 6.61 Å². The molecule has 14 heavy (non-hydrogen) atoms. The van der Waals surface area contributed by atoms with Gasteiger partial charge in [-0.2, -0.15) is 8.78 Å². The third-order valence-electron chi connectivity index (χ3n) is 1.71. The van der Waals surface area contributed by atoms with Crippen LogP contribution in [0.25, 0.3) is 0 Å². The molecule has 0 heterocycles. The van der Waals surface area contributed by atoms with Crippen LogP contribution in [0.5, 0.6) is 0 Å². The van der Waals surface area contributed by atoms with Gasteiger partial charge in [0.1, 0.15) is 0 Å². The number of halogens is 2. The zero-order chi connectivity index (χ0) is 10.6. The van der Waals surface area contributed by atoms with Gasteiger partial charge in [-0.3, -0.25) is 0 Å². The molecule has 1 aromatic rings. The van der Waals surface area contributed by atoms with Crippen LogP contribution in [0.4, 0.5) is 8.78 Å². The minimum absolute atomic E-state index is 0.192. The van der Waals surface area contributed by atoms with Crippen LogP contribution in [0.1, 0.15) is 11.6 Å². The molecule has 0 spiro atoms. The highest BCUT2D eigenvalue weighted by Crippen LogP contribution is 2.26. The van der Waals surface area contributed by atoms with Crippen LogP contribution in [0, 0.1) is 0 Å². The van der Waals surface area contributed by atoms with Crippen LogP contribution < -0.4 is 5.73 Å². The second-order valence-corrected chi connectivity index (χ2v) is 3.80. The van der Waals surface area contributed by atoms with E-state index in [2.05, 4.69) is 0 Å². The molecule has 0 aliphatic heterocycles. The van der Waals surface area contributed by atoms with Gasteiger partial charge in [0.25, 0.3) is 5.76 Å². The summed E-state index contributed by atoms with van der Waals surface area (Å²) in [6.07, 6.45) is 0. The smallest absolute Gasteiger partial charge is 0.288 e. The third-order valence-corrected chi connectivity index (χ3v) is 2.41. The van der Waals surface area contributed by atoms with E-state index in [0.29, 0.717) is 22.2 Å². The Morgan fingerprint density at radius 2 is 2.14 bits per heavy atom. The summed E-state index contributed by atoms with van der Waals surface area (Å²) in [4.78, 5) is 0.460. The zero-order valence-corrected chi connectivity index (χ0v) is 8.18. The molecule has 3 N–H and O–H groups in total. The molecule has 1 rings (SSSR count). The molecular weight excluding hydrogens is 208 g/mol. The summed E-state index contributed by atoms with van der Waals surface area (Å²) < 4.78 is 24.0. The molecule has 0 bridgehead atoms. The Bertz CT molecular complexity index is 296. The fourth-order valence-corrected chi connectivity index (χ4v) is 1.59. The molecule has 0 unspecified atom stereocenters. The number of thioether (sulfide) groups is 1. The van der Waals surface area contributed by atoms with Gasteiger partial charge >= 0.3 is 0 Å². The number of nitrogens with two attached hydrogens (primary N) is 1. The molecule has 1 aromatic carbocycles. The minimum Gasteiger partial charge on any atom is -0.394 e. The van der Waals surface area contributed by atoms with Crippen molar-refractivity contribution in [3.8, 4) is 0 Å². The van der Waals surface area contributed by atoms with Crippen LogP contribution in [0.3, 0.4) is 0 Å². The molecule has 0 aromatic heterocycles. The van der Waals surface area contributed by atoms with Gasteiger partial charge in [0.2, 0.25) is 0 Å². The first kappa shape index (κ1) is 11.4. The summed E-state index contributed by atoms with van der Waals surface area (Å²) in [7, 11) is 0. The van der Waals surface area contributed by atoms with E-state index < -0.39 is 11.8 Å². The highest BCUT2D eigenvalue weighted by Gasteiger charge is 2.08. The number of rotatable bonds is 4. The van der Waals surface area contributed by atoms with E-state index in [1.165, 1.54) is 0 Å².